The van der Waals surface area contributed by atoms with Crippen molar-refractivity contribution >= 4 is 5.91 Å². The van der Waals surface area contributed by atoms with Crippen LogP contribution in [-0.4, -0.2) is 64.0 Å². The average molecular weight is 464 g/mol. The molecule has 2 aliphatic heterocycles. The van der Waals surface area contributed by atoms with Gasteiger partial charge in [-0.05, 0) is 37.5 Å². The molecule has 0 bridgehead atoms. The van der Waals surface area contributed by atoms with E-state index in [0.29, 0.717) is 56.4 Å². The van der Waals surface area contributed by atoms with E-state index in [9.17, 15) is 22.4 Å². The minimum atomic E-state index is -4.86. The largest absolute Gasteiger partial charge is 0.472 e. The Bertz CT molecular complexity index is 1030. The molecule has 5 rings (SSSR count). The predicted molar refractivity (Wildman–Crippen MR) is 110 cm³/mol. The molecule has 0 N–H and O–H groups in total. The van der Waals surface area contributed by atoms with Gasteiger partial charge < -0.3 is 9.64 Å². The zero-order valence-electron chi connectivity index (χ0n) is 17.9. The van der Waals surface area contributed by atoms with Crippen LogP contribution in [0.3, 0.4) is 0 Å². The molecule has 33 heavy (non-hydrogen) atoms. The van der Waals surface area contributed by atoms with E-state index < -0.39 is 23.5 Å². The van der Waals surface area contributed by atoms with Crippen LogP contribution in [0.15, 0.2) is 30.6 Å². The first-order chi connectivity index (χ1) is 15.8. The first kappa shape index (κ1) is 22.1. The quantitative estimate of drug-likeness (QED) is 0.643. The number of amides is 1. The molecule has 1 aromatic heterocycles. The number of alkyl halides is 3. The molecule has 0 spiro atoms. The van der Waals surface area contributed by atoms with Gasteiger partial charge in [0, 0.05) is 50.1 Å². The van der Waals surface area contributed by atoms with Crippen molar-refractivity contribution in [1.82, 2.24) is 19.8 Å². The summed E-state index contributed by atoms with van der Waals surface area (Å²) in [5.74, 6) is -0.910. The van der Waals surface area contributed by atoms with Gasteiger partial charge in [-0.1, -0.05) is 0 Å². The lowest BCUT2D eigenvalue weighted by Gasteiger charge is -2.25. The average Bonchev–Trinajstić information content (AvgIpc) is 3.58. The predicted octanol–water partition coefficient (Wildman–Crippen LogP) is 3.88. The Morgan fingerprint density at radius 1 is 1.09 bits per heavy atom. The molecule has 10 heteroatoms. The molecule has 3 aliphatic rings. The summed E-state index contributed by atoms with van der Waals surface area (Å²) in [6.07, 6.45) is 2.13. The molecule has 3 fully saturated rings. The Labute approximate surface area is 188 Å². The van der Waals surface area contributed by atoms with Crippen LogP contribution in [0.1, 0.15) is 53.2 Å². The van der Waals surface area contributed by atoms with E-state index in [1.807, 2.05) is 0 Å². The first-order valence-electron chi connectivity index (χ1n) is 11.2. The van der Waals surface area contributed by atoms with E-state index in [1.54, 1.807) is 17.3 Å². The smallest absolute Gasteiger partial charge is 0.419 e. The molecule has 1 amide bonds. The van der Waals surface area contributed by atoms with Crippen molar-refractivity contribution in [3.05, 3.63) is 53.2 Å². The summed E-state index contributed by atoms with van der Waals surface area (Å²) in [6, 6.07) is 2.45. The Hall–Kier alpha value is -2.75. The van der Waals surface area contributed by atoms with Crippen molar-refractivity contribution in [3.8, 4) is 5.88 Å². The molecule has 3 heterocycles. The van der Waals surface area contributed by atoms with Crippen molar-refractivity contribution in [2.24, 2.45) is 0 Å². The highest BCUT2D eigenvalue weighted by Crippen LogP contribution is 2.38. The Kier molecular flexibility index (Phi) is 5.72. The highest BCUT2D eigenvalue weighted by molar-refractivity contribution is 5.94. The third-order valence-electron chi connectivity index (χ3n) is 6.53. The first-order valence-corrected chi connectivity index (χ1v) is 11.2. The van der Waals surface area contributed by atoms with E-state index in [2.05, 4.69) is 14.9 Å². The highest BCUT2D eigenvalue weighted by Gasteiger charge is 2.38. The lowest BCUT2D eigenvalue weighted by atomic mass is 10.1. The van der Waals surface area contributed by atoms with Crippen LogP contribution in [0.5, 0.6) is 5.88 Å². The van der Waals surface area contributed by atoms with E-state index in [4.69, 9.17) is 4.74 Å². The van der Waals surface area contributed by atoms with Gasteiger partial charge in [-0.2, -0.15) is 13.2 Å². The molecule has 176 valence electrons. The summed E-state index contributed by atoms with van der Waals surface area (Å²) in [4.78, 5) is 25.6. The maximum absolute atomic E-state index is 13.6. The van der Waals surface area contributed by atoms with Gasteiger partial charge in [-0.3, -0.25) is 14.7 Å². The highest BCUT2D eigenvalue weighted by atomic mass is 19.4. The number of hydrogen-bond donors (Lipinski definition) is 0. The van der Waals surface area contributed by atoms with Gasteiger partial charge in [0.1, 0.15) is 11.9 Å². The molecule has 6 nitrogen and oxygen atoms in total. The number of halogens is 4. The second kappa shape index (κ2) is 8.55. The number of benzene rings is 1. The molecule has 1 aliphatic carbocycles. The molecule has 2 saturated heterocycles. The van der Waals surface area contributed by atoms with Crippen LogP contribution in [0.2, 0.25) is 0 Å². The normalized spacial score (nSPS) is 23.8. The van der Waals surface area contributed by atoms with Gasteiger partial charge in [-0.25, -0.2) is 9.37 Å². The lowest BCUT2D eigenvalue weighted by Crippen LogP contribution is -2.39. The second-order valence-corrected chi connectivity index (χ2v) is 8.98. The maximum Gasteiger partial charge on any atom is 0.419 e. The van der Waals surface area contributed by atoms with Gasteiger partial charge in [0.15, 0.2) is 0 Å². The zero-order chi connectivity index (χ0) is 23.2. The molecular weight excluding hydrogens is 440 g/mol. The van der Waals surface area contributed by atoms with Gasteiger partial charge in [0.25, 0.3) is 5.91 Å². The van der Waals surface area contributed by atoms with E-state index in [0.717, 1.165) is 31.1 Å². The summed E-state index contributed by atoms with van der Waals surface area (Å²) in [5.41, 5.74) is -0.590. The molecule has 2 aromatic rings. The van der Waals surface area contributed by atoms with Crippen LogP contribution in [0.4, 0.5) is 17.6 Å². The molecule has 1 saturated carbocycles. The Morgan fingerprint density at radius 3 is 2.61 bits per heavy atom. The van der Waals surface area contributed by atoms with Gasteiger partial charge >= 0.3 is 6.18 Å². The molecule has 2 atom stereocenters. The van der Waals surface area contributed by atoms with Crippen LogP contribution in [-0.2, 0) is 6.18 Å². The van der Waals surface area contributed by atoms with Crippen molar-refractivity contribution in [2.75, 3.05) is 26.2 Å². The summed E-state index contributed by atoms with van der Waals surface area (Å²) >= 11 is 0. The molecular formula is C23H24F4N4O2. The van der Waals surface area contributed by atoms with Gasteiger partial charge in [0.05, 0.1) is 23.7 Å². The fourth-order valence-corrected chi connectivity index (χ4v) is 4.69. The maximum atomic E-state index is 13.6. The Morgan fingerprint density at radius 2 is 1.91 bits per heavy atom. The minimum absolute atomic E-state index is 0.0303. The number of rotatable bonds is 4. The summed E-state index contributed by atoms with van der Waals surface area (Å²) < 4.78 is 58.8. The lowest BCUT2D eigenvalue weighted by molar-refractivity contribution is -0.140. The number of carbonyl (C=O) groups excluding carboxylic acids is 1. The summed E-state index contributed by atoms with van der Waals surface area (Å²) in [6.45, 7) is 2.26. The van der Waals surface area contributed by atoms with Crippen molar-refractivity contribution in [2.45, 2.75) is 49.9 Å². The number of ether oxygens (including phenoxy) is 1. The Balaban J connectivity index is 1.24. The van der Waals surface area contributed by atoms with Crippen LogP contribution in [0, 0.1) is 5.82 Å². The van der Waals surface area contributed by atoms with Crippen molar-refractivity contribution in [1.29, 1.82) is 0 Å². The second-order valence-electron chi connectivity index (χ2n) is 8.98. The molecule has 0 radical (unpaired) electrons. The van der Waals surface area contributed by atoms with Gasteiger partial charge in [0.2, 0.25) is 5.88 Å². The fraction of sp³-hybridized carbons (Fsp3) is 0.522. The van der Waals surface area contributed by atoms with Gasteiger partial charge in [-0.15, -0.1) is 0 Å². The SMILES string of the molecule is O=C(c1ccc(F)c(C(F)(F)F)c1)N1CCCN2CC(Oc3cnc(C4CC4)cn3)CC2C1. The third kappa shape index (κ3) is 4.80. The van der Waals surface area contributed by atoms with E-state index >= 15 is 0 Å². The van der Waals surface area contributed by atoms with Crippen molar-refractivity contribution in [3.63, 3.8) is 0 Å². The van der Waals surface area contributed by atoms with E-state index in [-0.39, 0.29) is 17.7 Å². The topological polar surface area (TPSA) is 58.6 Å². The standard InChI is InChI=1S/C23H24F4N4O2/c24-19-5-4-15(8-18(19)23(25,26)27)22(32)31-7-1-6-30-13-17(9-16(30)12-31)33-21-11-28-20(10-29-21)14-2-3-14/h4-5,8,10-11,14,16-17H,1-3,6-7,9,12-13H2. The number of nitrogens with zero attached hydrogens (tertiary/aromatic N) is 4. The number of hydrogen-bond acceptors (Lipinski definition) is 5. The molecule has 1 aromatic carbocycles. The fourth-order valence-electron chi connectivity index (χ4n) is 4.69. The van der Waals surface area contributed by atoms with Crippen LogP contribution in [0.25, 0.3) is 0 Å². The zero-order valence-corrected chi connectivity index (χ0v) is 17.9. The third-order valence-corrected chi connectivity index (χ3v) is 6.53. The monoisotopic (exact) mass is 464 g/mol. The summed E-state index contributed by atoms with van der Waals surface area (Å²) in [7, 11) is 0. The van der Waals surface area contributed by atoms with Crippen LogP contribution >= 0.6 is 0 Å². The number of carbonyl (C=O) groups is 1. The summed E-state index contributed by atoms with van der Waals surface area (Å²) in [5, 5.41) is 0. The number of aromatic nitrogens is 2. The van der Waals surface area contributed by atoms with Crippen LogP contribution < -0.4 is 4.74 Å². The number of fused-ring (bicyclic) bond motifs is 1. The molecule has 2 unspecified atom stereocenters. The van der Waals surface area contributed by atoms with Crippen molar-refractivity contribution < 1.29 is 27.1 Å². The minimum Gasteiger partial charge on any atom is -0.472 e. The van der Waals surface area contributed by atoms with E-state index in [1.165, 1.54) is 0 Å².